The molecule has 5 heterocycles. The van der Waals surface area contributed by atoms with Gasteiger partial charge in [-0.05, 0) is 17.5 Å². The van der Waals surface area contributed by atoms with Gasteiger partial charge in [0.1, 0.15) is 12.2 Å². The predicted octanol–water partition coefficient (Wildman–Crippen LogP) is 1.19. The highest BCUT2D eigenvalue weighted by atomic mass is 32.1. The third-order valence-electron chi connectivity index (χ3n) is 5.40. The van der Waals surface area contributed by atoms with Crippen LogP contribution in [0.15, 0.2) is 29.8 Å². The van der Waals surface area contributed by atoms with E-state index in [4.69, 9.17) is 14.2 Å². The summed E-state index contributed by atoms with van der Waals surface area (Å²) >= 11 is 1.64. The minimum absolute atomic E-state index is 0.0659. The first-order valence-corrected chi connectivity index (χ1v) is 10.7. The number of anilines is 1. The summed E-state index contributed by atoms with van der Waals surface area (Å²) in [7, 11) is 0. The number of carbonyl (C=O) groups is 1. The van der Waals surface area contributed by atoms with Crippen LogP contribution in [-0.2, 0) is 14.2 Å². The highest BCUT2D eigenvalue weighted by Crippen LogP contribution is 2.29. The first kappa shape index (κ1) is 18.7. The van der Waals surface area contributed by atoms with Gasteiger partial charge < -0.3 is 29.7 Å². The molecular weight excluding hydrogens is 394 g/mol. The van der Waals surface area contributed by atoms with Gasteiger partial charge in [0.25, 0.3) is 0 Å². The summed E-state index contributed by atoms with van der Waals surface area (Å²) in [5, 5.41) is 8.43. The van der Waals surface area contributed by atoms with Crippen molar-refractivity contribution in [2.45, 2.75) is 24.3 Å². The van der Waals surface area contributed by atoms with E-state index in [9.17, 15) is 4.79 Å². The molecule has 0 aromatic carbocycles. The number of thiophene rings is 1. The number of urea groups is 1. The van der Waals surface area contributed by atoms with Gasteiger partial charge in [-0.3, -0.25) is 0 Å². The first-order chi connectivity index (χ1) is 14.3. The van der Waals surface area contributed by atoms with Crippen molar-refractivity contribution in [2.24, 2.45) is 0 Å². The zero-order chi connectivity index (χ0) is 19.6. The van der Waals surface area contributed by atoms with Crippen molar-refractivity contribution in [2.75, 3.05) is 44.8 Å². The van der Waals surface area contributed by atoms with E-state index in [-0.39, 0.29) is 30.3 Å². The molecule has 9 nitrogen and oxygen atoms in total. The molecule has 0 bridgehead atoms. The third kappa shape index (κ3) is 3.93. The molecular formula is C19H23N5O4S. The van der Waals surface area contributed by atoms with Crippen molar-refractivity contribution < 1.29 is 19.0 Å². The molecule has 3 saturated heterocycles. The van der Waals surface area contributed by atoms with Crippen molar-refractivity contribution in [1.29, 1.82) is 0 Å². The molecule has 3 aliphatic heterocycles. The first-order valence-electron chi connectivity index (χ1n) is 9.78. The number of hydrogen-bond acceptors (Lipinski definition) is 8. The fourth-order valence-corrected chi connectivity index (χ4v) is 4.61. The SMILES string of the molecule is O=C(N[C@H]1CO[C@H]2[C@@H]1OC[C@@H]2Nc1nccc(-c2cccs2)n1)N1CCOCC1. The number of nitrogens with zero attached hydrogens (tertiary/aromatic N) is 3. The summed E-state index contributed by atoms with van der Waals surface area (Å²) in [4.78, 5) is 24.3. The Balaban J connectivity index is 1.20. The van der Waals surface area contributed by atoms with Crippen LogP contribution in [0.1, 0.15) is 0 Å². The normalized spacial score (nSPS) is 28.9. The number of carbonyl (C=O) groups excluding carboxylic acids is 1. The topological polar surface area (TPSA) is 97.8 Å². The molecule has 2 N–H and O–H groups in total. The maximum absolute atomic E-state index is 12.5. The summed E-state index contributed by atoms with van der Waals surface area (Å²) < 4.78 is 17.2. The summed E-state index contributed by atoms with van der Waals surface area (Å²) in [6, 6.07) is 5.61. The standard InChI is InChI=1S/C19H23N5O4S/c25-19(24-5-7-26-8-6-24)23-14-11-28-16-13(10-27-17(14)16)22-18-20-4-3-12(21-18)15-2-1-9-29-15/h1-4,9,13-14,16-17H,5-8,10-11H2,(H,23,25)(H,20,21,22)/t13-,14-,16+,17+/m0/s1. The van der Waals surface area contributed by atoms with Gasteiger partial charge in [0, 0.05) is 19.3 Å². The van der Waals surface area contributed by atoms with Gasteiger partial charge in [-0.2, -0.15) is 0 Å². The summed E-state index contributed by atoms with van der Waals surface area (Å²) in [6.45, 7) is 3.28. The van der Waals surface area contributed by atoms with Gasteiger partial charge in [0.15, 0.2) is 0 Å². The fourth-order valence-electron chi connectivity index (χ4n) is 3.92. The maximum Gasteiger partial charge on any atom is 0.317 e. The lowest BCUT2D eigenvalue weighted by molar-refractivity contribution is 0.0485. The van der Waals surface area contributed by atoms with Crippen LogP contribution in [0.3, 0.4) is 0 Å². The number of aromatic nitrogens is 2. The average molecular weight is 417 g/mol. The van der Waals surface area contributed by atoms with Crippen LogP contribution in [0.25, 0.3) is 10.6 Å². The van der Waals surface area contributed by atoms with E-state index in [1.54, 1.807) is 22.4 Å². The minimum atomic E-state index is -0.182. The fraction of sp³-hybridized carbons (Fsp3) is 0.526. The molecule has 29 heavy (non-hydrogen) atoms. The van der Waals surface area contributed by atoms with Gasteiger partial charge in [0.2, 0.25) is 5.95 Å². The lowest BCUT2D eigenvalue weighted by atomic mass is 10.1. The van der Waals surface area contributed by atoms with Gasteiger partial charge in [0.05, 0.1) is 49.1 Å². The Morgan fingerprint density at radius 1 is 1.14 bits per heavy atom. The molecule has 154 valence electrons. The Hall–Kier alpha value is -2.27. The molecule has 5 rings (SSSR count). The zero-order valence-electron chi connectivity index (χ0n) is 15.8. The third-order valence-corrected chi connectivity index (χ3v) is 6.30. The highest BCUT2D eigenvalue weighted by molar-refractivity contribution is 7.13. The number of amides is 2. The van der Waals surface area contributed by atoms with E-state index in [1.807, 2.05) is 23.6 Å². The van der Waals surface area contributed by atoms with Gasteiger partial charge in [-0.25, -0.2) is 14.8 Å². The van der Waals surface area contributed by atoms with Gasteiger partial charge in [-0.15, -0.1) is 11.3 Å². The number of rotatable bonds is 4. The summed E-state index contributed by atoms with van der Waals surface area (Å²) in [5.74, 6) is 0.551. The lowest BCUT2D eigenvalue weighted by Crippen LogP contribution is -2.52. The molecule has 0 saturated carbocycles. The summed E-state index contributed by atoms with van der Waals surface area (Å²) in [5.41, 5.74) is 0.885. The molecule has 0 spiro atoms. The number of hydrogen-bond donors (Lipinski definition) is 2. The molecule has 2 amide bonds. The largest absolute Gasteiger partial charge is 0.378 e. The number of nitrogens with one attached hydrogen (secondary N) is 2. The molecule has 4 atom stereocenters. The van der Waals surface area contributed by atoms with E-state index in [0.29, 0.717) is 45.5 Å². The highest BCUT2D eigenvalue weighted by Gasteiger charge is 2.48. The second-order valence-corrected chi connectivity index (χ2v) is 8.19. The average Bonchev–Trinajstić information content (AvgIpc) is 3.49. The number of ether oxygens (including phenoxy) is 3. The van der Waals surface area contributed by atoms with Crippen molar-refractivity contribution >= 4 is 23.3 Å². The quantitative estimate of drug-likeness (QED) is 0.771. The van der Waals surface area contributed by atoms with Crippen molar-refractivity contribution in [3.05, 3.63) is 29.8 Å². The summed E-state index contributed by atoms with van der Waals surface area (Å²) in [6.07, 6.45) is 1.41. The monoisotopic (exact) mass is 417 g/mol. The lowest BCUT2D eigenvalue weighted by Gasteiger charge is -2.29. The van der Waals surface area contributed by atoms with Crippen LogP contribution in [0, 0.1) is 0 Å². The van der Waals surface area contributed by atoms with Crippen LogP contribution in [0.4, 0.5) is 10.7 Å². The molecule has 2 aromatic heterocycles. The second kappa shape index (κ2) is 8.23. The van der Waals surface area contributed by atoms with E-state index in [1.165, 1.54) is 0 Å². The van der Waals surface area contributed by atoms with Crippen LogP contribution >= 0.6 is 11.3 Å². The van der Waals surface area contributed by atoms with Crippen LogP contribution < -0.4 is 10.6 Å². The van der Waals surface area contributed by atoms with Crippen LogP contribution in [-0.4, -0.2) is 84.7 Å². The van der Waals surface area contributed by atoms with Crippen molar-refractivity contribution in [3.8, 4) is 10.6 Å². The molecule has 3 aliphatic rings. The maximum atomic E-state index is 12.5. The van der Waals surface area contributed by atoms with E-state index >= 15 is 0 Å². The van der Waals surface area contributed by atoms with Crippen molar-refractivity contribution in [3.63, 3.8) is 0 Å². The Morgan fingerprint density at radius 3 is 2.72 bits per heavy atom. The van der Waals surface area contributed by atoms with Gasteiger partial charge in [-0.1, -0.05) is 6.07 Å². The molecule has 0 aliphatic carbocycles. The van der Waals surface area contributed by atoms with Crippen LogP contribution in [0.2, 0.25) is 0 Å². The zero-order valence-corrected chi connectivity index (χ0v) is 16.6. The number of fused-ring (bicyclic) bond motifs is 1. The molecule has 3 fully saturated rings. The smallest absolute Gasteiger partial charge is 0.317 e. The van der Waals surface area contributed by atoms with Gasteiger partial charge >= 0.3 is 6.03 Å². The molecule has 10 heteroatoms. The number of morpholine rings is 1. The predicted molar refractivity (Wildman–Crippen MR) is 107 cm³/mol. The van der Waals surface area contributed by atoms with E-state index in [2.05, 4.69) is 20.6 Å². The van der Waals surface area contributed by atoms with E-state index in [0.717, 1.165) is 10.6 Å². The van der Waals surface area contributed by atoms with Crippen LogP contribution in [0.5, 0.6) is 0 Å². The Labute approximate surface area is 172 Å². The second-order valence-electron chi connectivity index (χ2n) is 7.24. The van der Waals surface area contributed by atoms with Crippen molar-refractivity contribution in [1.82, 2.24) is 20.2 Å². The Morgan fingerprint density at radius 2 is 1.93 bits per heavy atom. The Kier molecular flexibility index (Phi) is 5.32. The molecule has 0 unspecified atom stereocenters. The van der Waals surface area contributed by atoms with E-state index < -0.39 is 0 Å². The Bertz CT molecular complexity index is 845. The molecule has 0 radical (unpaired) electrons. The minimum Gasteiger partial charge on any atom is -0.378 e. The molecule has 2 aromatic rings.